The first-order valence-corrected chi connectivity index (χ1v) is 5.49. The van der Waals surface area contributed by atoms with Gasteiger partial charge in [0.25, 0.3) is 0 Å². The van der Waals surface area contributed by atoms with Gasteiger partial charge in [-0.3, -0.25) is 0 Å². The summed E-state index contributed by atoms with van der Waals surface area (Å²) < 4.78 is 2.08. The predicted molar refractivity (Wildman–Crippen MR) is 60.4 cm³/mol. The maximum Gasteiger partial charge on any atom is 0.0949 e. The van der Waals surface area contributed by atoms with Gasteiger partial charge in [0, 0.05) is 25.2 Å². The normalized spacial score (nSPS) is 13.4. The Morgan fingerprint density at radius 1 is 1.53 bits per heavy atom. The average molecular weight is 211 g/mol. The van der Waals surface area contributed by atoms with Crippen LogP contribution in [0, 0.1) is 5.92 Å². The molecule has 0 unspecified atom stereocenters. The molecule has 1 aromatic heterocycles. The number of aliphatic hydroxyl groups excluding tert-OH is 1. The third-order valence-corrected chi connectivity index (χ3v) is 2.36. The van der Waals surface area contributed by atoms with Crippen LogP contribution in [0.3, 0.4) is 0 Å². The van der Waals surface area contributed by atoms with Gasteiger partial charge in [-0.2, -0.15) is 0 Å². The van der Waals surface area contributed by atoms with Gasteiger partial charge in [0.15, 0.2) is 0 Å². The zero-order valence-electron chi connectivity index (χ0n) is 9.56. The molecule has 0 aromatic carbocycles. The number of aromatic nitrogens is 2. The molecule has 1 atom stereocenters. The zero-order chi connectivity index (χ0) is 11.3. The molecule has 0 saturated heterocycles. The summed E-state index contributed by atoms with van der Waals surface area (Å²) in [5.74, 6) is 0.704. The van der Waals surface area contributed by atoms with E-state index in [-0.39, 0.29) is 12.6 Å². The SMILES string of the molecule is CC(C)CCn1cnc(C[C@H](N)CO)c1. The van der Waals surface area contributed by atoms with Crippen LogP contribution in [0.2, 0.25) is 0 Å². The minimum atomic E-state index is -0.196. The lowest BCUT2D eigenvalue weighted by molar-refractivity contribution is 0.264. The Morgan fingerprint density at radius 3 is 2.87 bits per heavy atom. The van der Waals surface area contributed by atoms with Gasteiger partial charge in [-0.25, -0.2) is 4.98 Å². The molecule has 1 aromatic rings. The van der Waals surface area contributed by atoms with E-state index in [1.807, 2.05) is 12.5 Å². The molecular formula is C11H21N3O. The fraction of sp³-hybridized carbons (Fsp3) is 0.727. The second-order valence-corrected chi connectivity index (χ2v) is 4.43. The van der Waals surface area contributed by atoms with Crippen molar-refractivity contribution in [3.63, 3.8) is 0 Å². The summed E-state index contributed by atoms with van der Waals surface area (Å²) in [7, 11) is 0. The Balaban J connectivity index is 2.42. The molecular weight excluding hydrogens is 190 g/mol. The minimum Gasteiger partial charge on any atom is -0.395 e. The molecule has 3 N–H and O–H groups in total. The maximum absolute atomic E-state index is 8.82. The highest BCUT2D eigenvalue weighted by molar-refractivity contribution is 4.99. The molecule has 0 fully saturated rings. The third-order valence-electron chi connectivity index (χ3n) is 2.36. The monoisotopic (exact) mass is 211 g/mol. The molecule has 0 bridgehead atoms. The van der Waals surface area contributed by atoms with Crippen molar-refractivity contribution < 1.29 is 5.11 Å². The van der Waals surface area contributed by atoms with E-state index in [1.165, 1.54) is 0 Å². The van der Waals surface area contributed by atoms with Crippen LogP contribution in [0.4, 0.5) is 0 Å². The Labute approximate surface area is 91.1 Å². The van der Waals surface area contributed by atoms with Gasteiger partial charge >= 0.3 is 0 Å². The number of rotatable bonds is 6. The summed E-state index contributed by atoms with van der Waals surface area (Å²) >= 11 is 0. The lowest BCUT2D eigenvalue weighted by Gasteiger charge is -2.05. The Kier molecular flexibility index (Phi) is 4.78. The summed E-state index contributed by atoms with van der Waals surface area (Å²) in [5.41, 5.74) is 6.60. The Hall–Kier alpha value is -0.870. The van der Waals surface area contributed by atoms with Crippen LogP contribution in [0.15, 0.2) is 12.5 Å². The summed E-state index contributed by atoms with van der Waals surface area (Å²) in [4.78, 5) is 4.25. The van der Waals surface area contributed by atoms with Crippen LogP contribution < -0.4 is 5.73 Å². The summed E-state index contributed by atoms with van der Waals surface area (Å²) in [6.45, 7) is 5.43. The highest BCUT2D eigenvalue weighted by atomic mass is 16.3. The van der Waals surface area contributed by atoms with Crippen molar-refractivity contribution in [3.8, 4) is 0 Å². The number of aliphatic hydroxyl groups is 1. The molecule has 4 nitrogen and oxygen atoms in total. The van der Waals surface area contributed by atoms with Crippen molar-refractivity contribution in [1.29, 1.82) is 0 Å². The highest BCUT2D eigenvalue weighted by Crippen LogP contribution is 2.05. The average Bonchev–Trinajstić information content (AvgIpc) is 2.62. The van der Waals surface area contributed by atoms with Gasteiger partial charge in [-0.15, -0.1) is 0 Å². The zero-order valence-corrected chi connectivity index (χ0v) is 9.56. The maximum atomic E-state index is 8.82. The standard InChI is InChI=1S/C11H21N3O/c1-9(2)3-4-14-6-11(13-8-14)5-10(12)7-15/h6,8-10,15H,3-5,7,12H2,1-2H3/t10-/m0/s1. The molecule has 4 heteroatoms. The second-order valence-electron chi connectivity index (χ2n) is 4.43. The first-order valence-electron chi connectivity index (χ1n) is 5.49. The van der Waals surface area contributed by atoms with Crippen LogP contribution in [-0.4, -0.2) is 27.3 Å². The molecule has 86 valence electrons. The number of nitrogens with zero attached hydrogens (tertiary/aromatic N) is 2. The lowest BCUT2D eigenvalue weighted by Crippen LogP contribution is -2.26. The van der Waals surface area contributed by atoms with Crippen LogP contribution in [0.5, 0.6) is 0 Å². The van der Waals surface area contributed by atoms with Crippen molar-refractivity contribution in [1.82, 2.24) is 9.55 Å². The molecule has 0 saturated carbocycles. The van der Waals surface area contributed by atoms with Crippen LogP contribution in [-0.2, 0) is 13.0 Å². The van der Waals surface area contributed by atoms with Crippen molar-refractivity contribution in [2.24, 2.45) is 11.7 Å². The number of imidazole rings is 1. The first-order chi connectivity index (χ1) is 7.11. The first kappa shape index (κ1) is 12.2. The topological polar surface area (TPSA) is 64.1 Å². The van der Waals surface area contributed by atoms with Crippen LogP contribution in [0.1, 0.15) is 26.0 Å². The number of nitrogens with two attached hydrogens (primary N) is 1. The van der Waals surface area contributed by atoms with E-state index in [2.05, 4.69) is 23.4 Å². The second kappa shape index (κ2) is 5.88. The molecule has 0 aliphatic rings. The smallest absolute Gasteiger partial charge is 0.0949 e. The van der Waals surface area contributed by atoms with Crippen molar-refractivity contribution >= 4 is 0 Å². The molecule has 15 heavy (non-hydrogen) atoms. The minimum absolute atomic E-state index is 0.0128. The van der Waals surface area contributed by atoms with E-state index in [0.717, 1.165) is 18.7 Å². The van der Waals surface area contributed by atoms with E-state index in [0.29, 0.717) is 12.3 Å². The molecule has 0 aliphatic heterocycles. The van der Waals surface area contributed by atoms with E-state index in [4.69, 9.17) is 10.8 Å². The van der Waals surface area contributed by atoms with Crippen molar-refractivity contribution in [2.75, 3.05) is 6.61 Å². The lowest BCUT2D eigenvalue weighted by atomic mass is 10.1. The summed E-state index contributed by atoms with van der Waals surface area (Å²) in [6, 6.07) is -0.196. The third kappa shape index (κ3) is 4.44. The van der Waals surface area contributed by atoms with Gasteiger partial charge in [0.05, 0.1) is 18.6 Å². The van der Waals surface area contributed by atoms with Gasteiger partial charge in [-0.1, -0.05) is 13.8 Å². The molecule has 1 rings (SSSR count). The van der Waals surface area contributed by atoms with Gasteiger partial charge in [0.2, 0.25) is 0 Å². The summed E-state index contributed by atoms with van der Waals surface area (Å²) in [5, 5.41) is 8.82. The van der Waals surface area contributed by atoms with Gasteiger partial charge in [0.1, 0.15) is 0 Å². The molecule has 0 radical (unpaired) electrons. The van der Waals surface area contributed by atoms with Crippen LogP contribution >= 0.6 is 0 Å². The fourth-order valence-corrected chi connectivity index (χ4v) is 1.37. The van der Waals surface area contributed by atoms with Crippen molar-refractivity contribution in [2.45, 2.75) is 39.3 Å². The van der Waals surface area contributed by atoms with E-state index in [9.17, 15) is 0 Å². The fourth-order valence-electron chi connectivity index (χ4n) is 1.37. The highest BCUT2D eigenvalue weighted by Gasteiger charge is 2.05. The van der Waals surface area contributed by atoms with Gasteiger partial charge < -0.3 is 15.4 Å². The Bertz CT molecular complexity index is 283. The predicted octanol–water partition coefficient (Wildman–Crippen LogP) is 0.791. The van der Waals surface area contributed by atoms with Crippen molar-refractivity contribution in [3.05, 3.63) is 18.2 Å². The molecule has 0 spiro atoms. The molecule has 0 aliphatic carbocycles. The summed E-state index contributed by atoms with van der Waals surface area (Å²) in [6.07, 6.45) is 5.65. The van der Waals surface area contributed by atoms with Gasteiger partial charge in [-0.05, 0) is 12.3 Å². The quantitative estimate of drug-likeness (QED) is 0.731. The molecule has 0 amide bonds. The van der Waals surface area contributed by atoms with E-state index >= 15 is 0 Å². The van der Waals surface area contributed by atoms with E-state index in [1.54, 1.807) is 0 Å². The van der Waals surface area contributed by atoms with Crippen LogP contribution in [0.25, 0.3) is 0 Å². The molecule has 1 heterocycles. The Morgan fingerprint density at radius 2 is 2.27 bits per heavy atom. The number of aryl methyl sites for hydroxylation is 1. The number of hydrogen-bond donors (Lipinski definition) is 2. The largest absolute Gasteiger partial charge is 0.395 e. The number of hydrogen-bond acceptors (Lipinski definition) is 3. The van der Waals surface area contributed by atoms with E-state index < -0.39 is 0 Å².